The summed E-state index contributed by atoms with van der Waals surface area (Å²) in [4.78, 5) is 36.5. The number of methoxy groups -OCH3 is 1. The Labute approximate surface area is 230 Å². The van der Waals surface area contributed by atoms with Crippen molar-refractivity contribution >= 4 is 22.6 Å². The molecule has 0 aliphatic heterocycles. The molecule has 0 aliphatic rings. The summed E-state index contributed by atoms with van der Waals surface area (Å²) in [7, 11) is 1.65. The highest BCUT2D eigenvalue weighted by molar-refractivity contribution is 5.91. The van der Waals surface area contributed by atoms with Gasteiger partial charge in [-0.15, -0.1) is 0 Å². The zero-order valence-corrected chi connectivity index (χ0v) is 23.3. The normalized spacial score (nSPS) is 12.0. The Morgan fingerprint density at radius 2 is 1.85 bits per heavy atom. The quantitative estimate of drug-likeness (QED) is 0.157. The Morgan fingerprint density at radius 1 is 1.03 bits per heavy atom. The van der Waals surface area contributed by atoms with Crippen molar-refractivity contribution < 1.29 is 14.3 Å². The van der Waals surface area contributed by atoms with Gasteiger partial charge in [0.2, 0.25) is 5.91 Å². The molecule has 4 rings (SSSR count). The molecule has 206 valence electrons. The summed E-state index contributed by atoms with van der Waals surface area (Å²) in [6, 6.07) is 16.0. The molecule has 3 N–H and O–H groups in total. The molecule has 0 aliphatic carbocycles. The molecule has 2 aromatic heterocycles. The number of H-pyrrole nitrogens is 2. The van der Waals surface area contributed by atoms with Crippen LogP contribution >= 0.6 is 0 Å². The molecule has 2 aromatic carbocycles. The number of fused-ring (bicyclic) bond motifs is 1. The smallest absolute Gasteiger partial charge is 0.225 e. The molecule has 2 heterocycles. The standard InChI is InChI=1S/C32H40N4O3/c1-4-25(37)13-9-6-10-14-30(32-33-21-24(35-32)16-15-23-11-7-5-8-12-23)36-31(38)20-27-22(2)34-29-18-17-26(39-3)19-28(27)29/h5,7-8,11-12,17-19,21,30,34H,4,6,9-10,13-16,20H2,1-3H3,(H,33,35)(H,36,38). The van der Waals surface area contributed by atoms with Crippen LogP contribution < -0.4 is 10.1 Å². The molecule has 0 spiro atoms. The summed E-state index contributed by atoms with van der Waals surface area (Å²) in [6.45, 7) is 3.90. The Kier molecular flexibility index (Phi) is 9.95. The van der Waals surface area contributed by atoms with E-state index < -0.39 is 0 Å². The van der Waals surface area contributed by atoms with Gasteiger partial charge in [-0.25, -0.2) is 4.98 Å². The number of unbranched alkanes of at least 4 members (excludes halogenated alkanes) is 2. The second-order valence-corrected chi connectivity index (χ2v) is 10.2. The molecule has 0 fully saturated rings. The van der Waals surface area contributed by atoms with Crippen LogP contribution in [0, 0.1) is 6.92 Å². The van der Waals surface area contributed by atoms with Crippen molar-refractivity contribution in [1.82, 2.24) is 20.3 Å². The number of nitrogens with zero attached hydrogens (tertiary/aromatic N) is 1. The number of aromatic amines is 2. The number of ketones is 1. The van der Waals surface area contributed by atoms with Gasteiger partial charge in [0.25, 0.3) is 0 Å². The van der Waals surface area contributed by atoms with E-state index in [9.17, 15) is 9.59 Å². The van der Waals surface area contributed by atoms with Gasteiger partial charge in [0.05, 0.1) is 19.6 Å². The van der Waals surface area contributed by atoms with E-state index in [1.807, 2.05) is 44.3 Å². The van der Waals surface area contributed by atoms with Gasteiger partial charge in [-0.05, 0) is 61.9 Å². The minimum atomic E-state index is -0.218. The second kappa shape index (κ2) is 13.8. The molecule has 1 atom stereocenters. The topological polar surface area (TPSA) is 99.9 Å². The molecule has 1 amide bonds. The Bertz CT molecular complexity index is 1370. The van der Waals surface area contributed by atoms with Gasteiger partial charge in [-0.1, -0.05) is 50.1 Å². The van der Waals surface area contributed by atoms with Gasteiger partial charge < -0.3 is 20.0 Å². The van der Waals surface area contributed by atoms with E-state index in [0.29, 0.717) is 18.6 Å². The zero-order valence-electron chi connectivity index (χ0n) is 23.3. The van der Waals surface area contributed by atoms with Gasteiger partial charge in [0, 0.05) is 41.3 Å². The lowest BCUT2D eigenvalue weighted by Gasteiger charge is -2.17. The molecule has 4 aromatic rings. The van der Waals surface area contributed by atoms with Crippen LogP contribution in [0.4, 0.5) is 0 Å². The highest BCUT2D eigenvalue weighted by Crippen LogP contribution is 2.27. The van der Waals surface area contributed by atoms with Gasteiger partial charge in [-0.3, -0.25) is 9.59 Å². The fourth-order valence-corrected chi connectivity index (χ4v) is 5.03. The lowest BCUT2D eigenvalue weighted by atomic mass is 10.0. The van der Waals surface area contributed by atoms with Crippen LogP contribution in [0.5, 0.6) is 5.75 Å². The molecule has 0 saturated heterocycles. The first kappa shape index (κ1) is 28.1. The minimum absolute atomic E-state index is 0.0461. The van der Waals surface area contributed by atoms with Crippen molar-refractivity contribution in [2.24, 2.45) is 0 Å². The third-order valence-electron chi connectivity index (χ3n) is 7.35. The number of carbonyl (C=O) groups is 2. The number of nitrogens with one attached hydrogen (secondary N) is 3. The van der Waals surface area contributed by atoms with Crippen molar-refractivity contribution in [1.29, 1.82) is 0 Å². The number of amides is 1. The average Bonchev–Trinajstić information content (AvgIpc) is 3.55. The van der Waals surface area contributed by atoms with Crippen molar-refractivity contribution in [2.75, 3.05) is 7.11 Å². The Hall–Kier alpha value is -3.87. The fourth-order valence-electron chi connectivity index (χ4n) is 5.03. The number of Topliss-reactive ketones (excluding diaryl/α,β-unsaturated/α-hetero) is 1. The van der Waals surface area contributed by atoms with Crippen molar-refractivity contribution in [3.05, 3.63) is 83.1 Å². The molecule has 0 bridgehead atoms. The highest BCUT2D eigenvalue weighted by Gasteiger charge is 2.20. The number of aryl methyl sites for hydroxylation is 3. The Morgan fingerprint density at radius 3 is 2.62 bits per heavy atom. The number of aromatic nitrogens is 3. The number of hydrogen-bond donors (Lipinski definition) is 3. The van der Waals surface area contributed by atoms with Crippen molar-refractivity contribution in [3.8, 4) is 5.75 Å². The first-order valence-electron chi connectivity index (χ1n) is 14.0. The summed E-state index contributed by atoms with van der Waals surface area (Å²) >= 11 is 0. The van der Waals surface area contributed by atoms with Crippen LogP contribution in [0.15, 0.2) is 54.7 Å². The molecule has 0 saturated carbocycles. The molecule has 39 heavy (non-hydrogen) atoms. The largest absolute Gasteiger partial charge is 0.497 e. The number of carbonyl (C=O) groups excluding carboxylic acids is 2. The summed E-state index contributed by atoms with van der Waals surface area (Å²) in [5.41, 5.74) is 5.28. The van der Waals surface area contributed by atoms with E-state index in [1.165, 1.54) is 5.56 Å². The first-order chi connectivity index (χ1) is 19.0. The van der Waals surface area contributed by atoms with Gasteiger partial charge in [0.15, 0.2) is 0 Å². The predicted molar refractivity (Wildman–Crippen MR) is 155 cm³/mol. The molecule has 1 unspecified atom stereocenters. The van der Waals surface area contributed by atoms with Crippen LogP contribution in [-0.2, 0) is 28.9 Å². The minimum Gasteiger partial charge on any atom is -0.497 e. The van der Waals surface area contributed by atoms with E-state index in [-0.39, 0.29) is 18.4 Å². The Balaban J connectivity index is 1.44. The predicted octanol–water partition coefficient (Wildman–Crippen LogP) is 6.32. The van der Waals surface area contributed by atoms with E-state index in [4.69, 9.17) is 4.74 Å². The highest BCUT2D eigenvalue weighted by atomic mass is 16.5. The molecular formula is C32H40N4O3. The number of rotatable bonds is 15. The summed E-state index contributed by atoms with van der Waals surface area (Å²) < 4.78 is 5.40. The van der Waals surface area contributed by atoms with Crippen LogP contribution in [0.25, 0.3) is 10.9 Å². The number of benzene rings is 2. The molecule has 7 heteroatoms. The summed E-state index contributed by atoms with van der Waals surface area (Å²) in [6.07, 6.45) is 8.64. The van der Waals surface area contributed by atoms with Crippen LogP contribution in [0.2, 0.25) is 0 Å². The first-order valence-corrected chi connectivity index (χ1v) is 14.0. The van der Waals surface area contributed by atoms with Gasteiger partial charge in [-0.2, -0.15) is 0 Å². The van der Waals surface area contributed by atoms with Gasteiger partial charge >= 0.3 is 0 Å². The number of imidazole rings is 1. The van der Waals surface area contributed by atoms with E-state index in [2.05, 4.69) is 44.5 Å². The van der Waals surface area contributed by atoms with E-state index in [0.717, 1.165) is 78.0 Å². The molecular weight excluding hydrogens is 488 g/mol. The maximum atomic E-state index is 13.3. The third-order valence-corrected chi connectivity index (χ3v) is 7.35. The van der Waals surface area contributed by atoms with Crippen molar-refractivity contribution in [3.63, 3.8) is 0 Å². The van der Waals surface area contributed by atoms with Crippen LogP contribution in [0.3, 0.4) is 0 Å². The maximum Gasteiger partial charge on any atom is 0.225 e. The second-order valence-electron chi connectivity index (χ2n) is 10.2. The third kappa shape index (κ3) is 7.82. The lowest BCUT2D eigenvalue weighted by Crippen LogP contribution is -2.30. The van der Waals surface area contributed by atoms with E-state index in [1.54, 1.807) is 7.11 Å². The monoisotopic (exact) mass is 528 g/mol. The fraction of sp³-hybridized carbons (Fsp3) is 0.406. The zero-order chi connectivity index (χ0) is 27.6. The van der Waals surface area contributed by atoms with Gasteiger partial charge in [0.1, 0.15) is 17.4 Å². The van der Waals surface area contributed by atoms with Crippen molar-refractivity contribution in [2.45, 2.75) is 77.7 Å². The average molecular weight is 529 g/mol. The summed E-state index contributed by atoms with van der Waals surface area (Å²) in [5.74, 6) is 1.81. The SMILES string of the molecule is CCC(=O)CCCCCC(NC(=O)Cc1c(C)[nH]c2ccc(OC)cc12)c1ncc(CCc2ccccc2)[nH]1. The number of hydrogen-bond acceptors (Lipinski definition) is 4. The number of ether oxygens (including phenoxy) is 1. The van der Waals surface area contributed by atoms with Crippen LogP contribution in [-0.4, -0.2) is 33.8 Å². The lowest BCUT2D eigenvalue weighted by molar-refractivity contribution is -0.121. The van der Waals surface area contributed by atoms with E-state index >= 15 is 0 Å². The summed E-state index contributed by atoms with van der Waals surface area (Å²) in [5, 5.41) is 4.25. The molecule has 0 radical (unpaired) electrons. The molecule has 7 nitrogen and oxygen atoms in total. The maximum absolute atomic E-state index is 13.3. The van der Waals surface area contributed by atoms with Crippen LogP contribution in [0.1, 0.15) is 79.8 Å².